The Bertz CT molecular complexity index is 711. The Balaban J connectivity index is 2.17. The Labute approximate surface area is 127 Å². The highest BCUT2D eigenvalue weighted by molar-refractivity contribution is 7.80. The van der Waals surface area contributed by atoms with Crippen molar-refractivity contribution < 1.29 is 9.47 Å². The van der Waals surface area contributed by atoms with E-state index in [1.165, 1.54) is 0 Å². The maximum atomic E-state index is 5.74. The number of nitrogens with zero attached hydrogens (tertiary/aromatic N) is 2. The molecule has 0 saturated heterocycles. The van der Waals surface area contributed by atoms with Gasteiger partial charge in [-0.15, -0.1) is 0 Å². The number of aromatic nitrogens is 2. The number of anilines is 1. The van der Waals surface area contributed by atoms with Crippen molar-refractivity contribution in [1.29, 1.82) is 0 Å². The molecule has 0 aliphatic carbocycles. The van der Waals surface area contributed by atoms with Gasteiger partial charge in [-0.05, 0) is 30.8 Å². The van der Waals surface area contributed by atoms with E-state index in [1.54, 1.807) is 18.9 Å². The smallest absolute Gasteiger partial charge is 0.193 e. The SMILES string of the molecule is COc1ccc(-c2nn(C(N)=S)c3c2CCN3)c(OC)c1. The fraction of sp³-hybridized carbons (Fsp3) is 0.286. The van der Waals surface area contributed by atoms with Crippen molar-refractivity contribution in [2.45, 2.75) is 6.42 Å². The maximum Gasteiger partial charge on any atom is 0.193 e. The zero-order chi connectivity index (χ0) is 15.0. The summed E-state index contributed by atoms with van der Waals surface area (Å²) in [4.78, 5) is 0. The lowest BCUT2D eigenvalue weighted by Gasteiger charge is -2.09. The molecular weight excluding hydrogens is 288 g/mol. The third kappa shape index (κ3) is 2.19. The average Bonchev–Trinajstić information content (AvgIpc) is 3.08. The van der Waals surface area contributed by atoms with Gasteiger partial charge in [0.05, 0.1) is 14.2 Å². The van der Waals surface area contributed by atoms with Crippen LogP contribution in [0.1, 0.15) is 5.56 Å². The van der Waals surface area contributed by atoms with Crippen molar-refractivity contribution in [1.82, 2.24) is 9.78 Å². The van der Waals surface area contributed by atoms with Crippen molar-refractivity contribution in [2.24, 2.45) is 5.73 Å². The lowest BCUT2D eigenvalue weighted by atomic mass is 10.1. The molecule has 21 heavy (non-hydrogen) atoms. The predicted molar refractivity (Wildman–Crippen MR) is 85.1 cm³/mol. The topological polar surface area (TPSA) is 74.3 Å². The molecule has 1 aliphatic rings. The maximum absolute atomic E-state index is 5.74. The van der Waals surface area contributed by atoms with Gasteiger partial charge in [0.15, 0.2) is 5.11 Å². The van der Waals surface area contributed by atoms with Crippen LogP contribution in [0.5, 0.6) is 11.5 Å². The molecule has 0 saturated carbocycles. The molecular formula is C14H16N4O2S. The van der Waals surface area contributed by atoms with Crippen molar-refractivity contribution >= 4 is 23.1 Å². The molecule has 0 atom stereocenters. The Morgan fingerprint density at radius 3 is 2.86 bits per heavy atom. The van der Waals surface area contributed by atoms with Crippen LogP contribution in [0.3, 0.4) is 0 Å². The van der Waals surface area contributed by atoms with Crippen LogP contribution in [0.15, 0.2) is 18.2 Å². The summed E-state index contributed by atoms with van der Waals surface area (Å²) >= 11 is 5.05. The fourth-order valence-corrected chi connectivity index (χ4v) is 2.68. The summed E-state index contributed by atoms with van der Waals surface area (Å²) in [5, 5.41) is 8.02. The van der Waals surface area contributed by atoms with Crippen LogP contribution in [-0.4, -0.2) is 35.7 Å². The van der Waals surface area contributed by atoms with Crippen molar-refractivity contribution in [2.75, 3.05) is 26.1 Å². The number of thiocarbonyl (C=S) groups is 1. The number of nitrogens with two attached hydrogens (primary N) is 1. The van der Waals surface area contributed by atoms with Gasteiger partial charge in [-0.1, -0.05) is 0 Å². The molecule has 0 unspecified atom stereocenters. The first kappa shape index (κ1) is 13.7. The van der Waals surface area contributed by atoms with E-state index in [0.29, 0.717) is 5.75 Å². The van der Waals surface area contributed by atoms with E-state index in [2.05, 4.69) is 10.4 Å². The summed E-state index contributed by atoms with van der Waals surface area (Å²) in [7, 11) is 3.25. The van der Waals surface area contributed by atoms with Crippen LogP contribution in [0, 0.1) is 0 Å². The summed E-state index contributed by atoms with van der Waals surface area (Å²) in [6, 6.07) is 5.65. The molecule has 0 spiro atoms. The highest BCUT2D eigenvalue weighted by Crippen LogP contribution is 2.38. The Kier molecular flexibility index (Phi) is 3.42. The molecule has 1 aromatic carbocycles. The third-order valence-corrected chi connectivity index (χ3v) is 3.70. The van der Waals surface area contributed by atoms with Crippen LogP contribution < -0.4 is 20.5 Å². The molecule has 3 rings (SSSR count). The molecule has 0 bridgehead atoms. The van der Waals surface area contributed by atoms with Gasteiger partial charge in [0.25, 0.3) is 0 Å². The number of methoxy groups -OCH3 is 2. The second kappa shape index (κ2) is 5.25. The molecule has 0 fully saturated rings. The molecule has 1 aliphatic heterocycles. The minimum atomic E-state index is 0.222. The predicted octanol–water partition coefficient (Wildman–Crippen LogP) is 1.63. The number of benzene rings is 1. The van der Waals surface area contributed by atoms with Gasteiger partial charge < -0.3 is 20.5 Å². The third-order valence-electron chi connectivity index (χ3n) is 3.52. The molecule has 1 aromatic heterocycles. The van der Waals surface area contributed by atoms with E-state index in [0.717, 1.165) is 41.4 Å². The number of rotatable bonds is 3. The number of ether oxygens (including phenoxy) is 2. The highest BCUT2D eigenvalue weighted by atomic mass is 32.1. The molecule has 7 heteroatoms. The molecule has 0 amide bonds. The summed E-state index contributed by atoms with van der Waals surface area (Å²) < 4.78 is 12.2. The summed E-state index contributed by atoms with van der Waals surface area (Å²) in [5.74, 6) is 2.31. The highest BCUT2D eigenvalue weighted by Gasteiger charge is 2.25. The van der Waals surface area contributed by atoms with Gasteiger partial charge >= 0.3 is 0 Å². The fourth-order valence-electron chi connectivity index (χ4n) is 2.54. The van der Waals surface area contributed by atoms with Crippen LogP contribution in [0.2, 0.25) is 0 Å². The number of hydrogen-bond donors (Lipinski definition) is 2. The second-order valence-electron chi connectivity index (χ2n) is 4.67. The van der Waals surface area contributed by atoms with Crippen LogP contribution in [0.4, 0.5) is 5.82 Å². The summed E-state index contributed by atoms with van der Waals surface area (Å²) in [5.41, 5.74) is 8.57. The monoisotopic (exact) mass is 304 g/mol. The minimum Gasteiger partial charge on any atom is -0.497 e. The van der Waals surface area contributed by atoms with E-state index in [9.17, 15) is 0 Å². The second-order valence-corrected chi connectivity index (χ2v) is 5.09. The summed E-state index contributed by atoms with van der Waals surface area (Å²) in [6.07, 6.45) is 0.877. The van der Waals surface area contributed by atoms with Crippen molar-refractivity contribution in [3.63, 3.8) is 0 Å². The van der Waals surface area contributed by atoms with Crippen molar-refractivity contribution in [3.05, 3.63) is 23.8 Å². The Morgan fingerprint density at radius 2 is 2.19 bits per heavy atom. The van der Waals surface area contributed by atoms with E-state index in [1.807, 2.05) is 18.2 Å². The molecule has 110 valence electrons. The first-order valence-corrected chi connectivity index (χ1v) is 6.94. The average molecular weight is 304 g/mol. The van der Waals surface area contributed by atoms with Crippen LogP contribution in [0.25, 0.3) is 11.3 Å². The Hall–Kier alpha value is -2.28. The number of fused-ring (bicyclic) bond motifs is 1. The zero-order valence-electron chi connectivity index (χ0n) is 11.8. The van der Waals surface area contributed by atoms with E-state index in [-0.39, 0.29) is 5.11 Å². The van der Waals surface area contributed by atoms with E-state index >= 15 is 0 Å². The van der Waals surface area contributed by atoms with Crippen LogP contribution in [-0.2, 0) is 6.42 Å². The van der Waals surface area contributed by atoms with Crippen molar-refractivity contribution in [3.8, 4) is 22.8 Å². The molecule has 2 aromatic rings. The van der Waals surface area contributed by atoms with Gasteiger partial charge in [-0.2, -0.15) is 9.78 Å². The number of hydrogen-bond acceptors (Lipinski definition) is 5. The zero-order valence-corrected chi connectivity index (χ0v) is 12.7. The van der Waals surface area contributed by atoms with Crippen LogP contribution >= 0.6 is 12.2 Å². The quantitative estimate of drug-likeness (QED) is 0.840. The first-order chi connectivity index (χ1) is 10.2. The van der Waals surface area contributed by atoms with E-state index in [4.69, 9.17) is 27.4 Å². The summed E-state index contributed by atoms with van der Waals surface area (Å²) in [6.45, 7) is 0.848. The van der Waals surface area contributed by atoms with Gasteiger partial charge in [0, 0.05) is 23.7 Å². The normalized spacial score (nSPS) is 12.7. The minimum absolute atomic E-state index is 0.222. The van der Waals surface area contributed by atoms with Gasteiger partial charge in [-0.3, -0.25) is 0 Å². The largest absolute Gasteiger partial charge is 0.497 e. The van der Waals surface area contributed by atoms with Gasteiger partial charge in [0.2, 0.25) is 0 Å². The first-order valence-electron chi connectivity index (χ1n) is 6.53. The molecule has 6 nitrogen and oxygen atoms in total. The molecule has 2 heterocycles. The Morgan fingerprint density at radius 1 is 1.38 bits per heavy atom. The molecule has 0 radical (unpaired) electrons. The van der Waals surface area contributed by atoms with Gasteiger partial charge in [0.1, 0.15) is 23.0 Å². The lowest BCUT2D eigenvalue weighted by molar-refractivity contribution is 0.395. The number of nitrogens with one attached hydrogen (secondary N) is 1. The lowest BCUT2D eigenvalue weighted by Crippen LogP contribution is -2.22. The van der Waals surface area contributed by atoms with Gasteiger partial charge in [-0.25, -0.2) is 0 Å². The standard InChI is InChI=1S/C14H16N4O2S/c1-19-8-3-4-9(11(7-8)20-2)12-10-5-6-16-13(10)18(17-12)14(15)21/h3-4,7,16H,5-6H2,1-2H3,(H2,15,21). The molecule has 3 N–H and O–H groups in total. The van der Waals surface area contributed by atoms with E-state index < -0.39 is 0 Å².